The van der Waals surface area contributed by atoms with Gasteiger partial charge in [-0.1, -0.05) is 19.1 Å². The van der Waals surface area contributed by atoms with Crippen molar-refractivity contribution >= 4 is 22.9 Å². The molecule has 0 bridgehead atoms. The lowest BCUT2D eigenvalue weighted by Gasteiger charge is -2.07. The quantitative estimate of drug-likeness (QED) is 0.819. The highest BCUT2D eigenvalue weighted by molar-refractivity contribution is 7.07. The minimum absolute atomic E-state index is 0.0663. The smallest absolute Gasteiger partial charge is 0.224 e. The van der Waals surface area contributed by atoms with Gasteiger partial charge in [-0.25, -0.2) is 0 Å². The average molecular weight is 288 g/mol. The minimum atomic E-state index is 0.0663. The fraction of sp³-hybridized carbons (Fsp3) is 0.312. The van der Waals surface area contributed by atoms with E-state index in [2.05, 4.69) is 29.7 Å². The molecular formula is C16H20N2OS. The van der Waals surface area contributed by atoms with E-state index in [0.717, 1.165) is 29.8 Å². The Bertz CT molecular complexity index is 520. The molecule has 0 fully saturated rings. The zero-order valence-corrected chi connectivity index (χ0v) is 12.5. The van der Waals surface area contributed by atoms with Crippen LogP contribution in [0, 0.1) is 0 Å². The topological polar surface area (TPSA) is 41.1 Å². The summed E-state index contributed by atoms with van der Waals surface area (Å²) in [6.45, 7) is 3.71. The monoisotopic (exact) mass is 288 g/mol. The molecule has 0 unspecified atom stereocenters. The van der Waals surface area contributed by atoms with Crippen LogP contribution in [0.15, 0.2) is 41.1 Å². The van der Waals surface area contributed by atoms with Crippen LogP contribution in [-0.2, 0) is 17.8 Å². The Balaban J connectivity index is 1.77. The zero-order chi connectivity index (χ0) is 14.2. The van der Waals surface area contributed by atoms with Gasteiger partial charge in [0.2, 0.25) is 5.91 Å². The molecule has 4 heteroatoms. The third-order valence-corrected chi connectivity index (χ3v) is 3.70. The van der Waals surface area contributed by atoms with Crippen molar-refractivity contribution in [1.29, 1.82) is 0 Å². The number of carbonyl (C=O) groups is 1. The molecule has 3 nitrogen and oxygen atoms in total. The Labute approximate surface area is 124 Å². The van der Waals surface area contributed by atoms with Gasteiger partial charge in [0.1, 0.15) is 0 Å². The maximum Gasteiger partial charge on any atom is 0.224 e. The molecule has 20 heavy (non-hydrogen) atoms. The standard InChI is InChI=1S/C16H20N2OS/c1-2-8-17-15-5-3-13(4-6-15)11-18-16(19)10-14-7-9-20-12-14/h3-7,9,12,17H,2,8,10-11H2,1H3,(H,18,19). The number of nitrogens with one attached hydrogen (secondary N) is 2. The maximum absolute atomic E-state index is 11.8. The molecule has 2 rings (SSSR count). The normalized spacial score (nSPS) is 10.2. The van der Waals surface area contributed by atoms with Crippen molar-refractivity contribution in [2.24, 2.45) is 0 Å². The van der Waals surface area contributed by atoms with E-state index in [0.29, 0.717) is 13.0 Å². The highest BCUT2D eigenvalue weighted by Gasteiger charge is 2.03. The predicted molar refractivity (Wildman–Crippen MR) is 85.1 cm³/mol. The van der Waals surface area contributed by atoms with Crippen molar-refractivity contribution in [2.75, 3.05) is 11.9 Å². The number of hydrogen-bond donors (Lipinski definition) is 2. The van der Waals surface area contributed by atoms with Gasteiger partial charge in [0, 0.05) is 18.8 Å². The summed E-state index contributed by atoms with van der Waals surface area (Å²) in [4.78, 5) is 11.8. The fourth-order valence-electron chi connectivity index (χ4n) is 1.85. The zero-order valence-electron chi connectivity index (χ0n) is 11.7. The second-order valence-electron chi connectivity index (χ2n) is 4.71. The van der Waals surface area contributed by atoms with Gasteiger partial charge in [0.15, 0.2) is 0 Å². The molecule has 1 heterocycles. The number of amides is 1. The largest absolute Gasteiger partial charge is 0.385 e. The summed E-state index contributed by atoms with van der Waals surface area (Å²) < 4.78 is 0. The highest BCUT2D eigenvalue weighted by Crippen LogP contribution is 2.10. The number of rotatable bonds is 7. The molecule has 0 radical (unpaired) electrons. The van der Waals surface area contributed by atoms with Gasteiger partial charge in [-0.15, -0.1) is 0 Å². The van der Waals surface area contributed by atoms with Gasteiger partial charge in [0.05, 0.1) is 6.42 Å². The molecule has 1 aromatic carbocycles. The van der Waals surface area contributed by atoms with Crippen LogP contribution in [0.4, 0.5) is 5.69 Å². The van der Waals surface area contributed by atoms with Crippen molar-refractivity contribution in [3.05, 3.63) is 52.2 Å². The van der Waals surface area contributed by atoms with Crippen molar-refractivity contribution < 1.29 is 4.79 Å². The lowest BCUT2D eigenvalue weighted by Crippen LogP contribution is -2.24. The van der Waals surface area contributed by atoms with Crippen LogP contribution in [0.1, 0.15) is 24.5 Å². The van der Waals surface area contributed by atoms with E-state index in [1.807, 2.05) is 29.0 Å². The SMILES string of the molecule is CCCNc1ccc(CNC(=O)Cc2ccsc2)cc1. The summed E-state index contributed by atoms with van der Waals surface area (Å²) in [7, 11) is 0. The molecular weight excluding hydrogens is 268 g/mol. The Morgan fingerprint density at radius 3 is 2.60 bits per heavy atom. The fourth-order valence-corrected chi connectivity index (χ4v) is 2.52. The summed E-state index contributed by atoms with van der Waals surface area (Å²) in [5.74, 6) is 0.0663. The van der Waals surface area contributed by atoms with Crippen LogP contribution in [-0.4, -0.2) is 12.5 Å². The summed E-state index contributed by atoms with van der Waals surface area (Å²) in [5, 5.41) is 10.3. The average Bonchev–Trinajstić information content (AvgIpc) is 2.97. The molecule has 106 valence electrons. The summed E-state index contributed by atoms with van der Waals surface area (Å²) in [5.41, 5.74) is 3.32. The van der Waals surface area contributed by atoms with Crippen molar-refractivity contribution in [2.45, 2.75) is 26.3 Å². The number of thiophene rings is 1. The first kappa shape index (κ1) is 14.6. The number of anilines is 1. The molecule has 1 aromatic heterocycles. The maximum atomic E-state index is 11.8. The number of benzene rings is 1. The van der Waals surface area contributed by atoms with Crippen LogP contribution < -0.4 is 10.6 Å². The van der Waals surface area contributed by atoms with E-state index in [4.69, 9.17) is 0 Å². The highest BCUT2D eigenvalue weighted by atomic mass is 32.1. The first-order chi connectivity index (χ1) is 9.78. The lowest BCUT2D eigenvalue weighted by atomic mass is 10.2. The van der Waals surface area contributed by atoms with Crippen LogP contribution in [0.3, 0.4) is 0 Å². The van der Waals surface area contributed by atoms with E-state index in [1.54, 1.807) is 11.3 Å². The first-order valence-corrected chi connectivity index (χ1v) is 7.83. The molecule has 0 saturated heterocycles. The molecule has 1 amide bonds. The second-order valence-corrected chi connectivity index (χ2v) is 5.49. The van der Waals surface area contributed by atoms with Gasteiger partial charge < -0.3 is 10.6 Å². The molecule has 0 atom stereocenters. The van der Waals surface area contributed by atoms with Crippen molar-refractivity contribution in [1.82, 2.24) is 5.32 Å². The molecule has 0 aliphatic heterocycles. The Hall–Kier alpha value is -1.81. The van der Waals surface area contributed by atoms with E-state index < -0.39 is 0 Å². The molecule has 2 N–H and O–H groups in total. The first-order valence-electron chi connectivity index (χ1n) is 6.88. The summed E-state index contributed by atoms with van der Waals surface area (Å²) in [6, 6.07) is 10.2. The van der Waals surface area contributed by atoms with Gasteiger partial charge in [-0.3, -0.25) is 4.79 Å². The van der Waals surface area contributed by atoms with E-state index >= 15 is 0 Å². The van der Waals surface area contributed by atoms with Gasteiger partial charge in [0.25, 0.3) is 0 Å². The van der Waals surface area contributed by atoms with Gasteiger partial charge in [-0.2, -0.15) is 11.3 Å². The number of hydrogen-bond acceptors (Lipinski definition) is 3. The van der Waals surface area contributed by atoms with E-state index in [9.17, 15) is 4.79 Å². The minimum Gasteiger partial charge on any atom is -0.385 e. The third kappa shape index (κ3) is 4.70. The van der Waals surface area contributed by atoms with Gasteiger partial charge >= 0.3 is 0 Å². The van der Waals surface area contributed by atoms with Crippen LogP contribution in [0.5, 0.6) is 0 Å². The molecule has 0 saturated carbocycles. The molecule has 0 aliphatic carbocycles. The summed E-state index contributed by atoms with van der Waals surface area (Å²) >= 11 is 1.62. The molecule has 2 aromatic rings. The van der Waals surface area contributed by atoms with Crippen LogP contribution in [0.25, 0.3) is 0 Å². The summed E-state index contributed by atoms with van der Waals surface area (Å²) in [6.07, 6.45) is 1.57. The molecule has 0 spiro atoms. The van der Waals surface area contributed by atoms with Crippen LogP contribution in [0.2, 0.25) is 0 Å². The van der Waals surface area contributed by atoms with E-state index in [1.165, 1.54) is 0 Å². The van der Waals surface area contributed by atoms with Crippen molar-refractivity contribution in [3.8, 4) is 0 Å². The van der Waals surface area contributed by atoms with Crippen molar-refractivity contribution in [3.63, 3.8) is 0 Å². The van der Waals surface area contributed by atoms with E-state index in [-0.39, 0.29) is 5.91 Å². The second kappa shape index (κ2) is 7.70. The Morgan fingerprint density at radius 1 is 1.15 bits per heavy atom. The number of carbonyl (C=O) groups excluding carboxylic acids is 1. The van der Waals surface area contributed by atoms with Crippen LogP contribution >= 0.6 is 11.3 Å². The molecule has 0 aliphatic rings. The predicted octanol–water partition coefficient (Wildman–Crippen LogP) is 3.43. The lowest BCUT2D eigenvalue weighted by molar-refractivity contribution is -0.120. The third-order valence-electron chi connectivity index (χ3n) is 2.97. The Morgan fingerprint density at radius 2 is 1.95 bits per heavy atom. The van der Waals surface area contributed by atoms with Gasteiger partial charge in [-0.05, 0) is 46.5 Å². The Kier molecular flexibility index (Phi) is 5.62.